The van der Waals surface area contributed by atoms with Crippen LogP contribution in [0.15, 0.2) is 11.6 Å². The van der Waals surface area contributed by atoms with E-state index in [2.05, 4.69) is 53.8 Å². The average Bonchev–Trinajstić information content (AvgIpc) is 2.36. The Morgan fingerprint density at radius 1 is 1.19 bits per heavy atom. The van der Waals surface area contributed by atoms with Gasteiger partial charge in [-0.05, 0) is 68.5 Å². The summed E-state index contributed by atoms with van der Waals surface area (Å²) in [7, 11) is -1.65. The van der Waals surface area contributed by atoms with E-state index in [1.165, 1.54) is 38.5 Å². The van der Waals surface area contributed by atoms with Crippen molar-refractivity contribution in [3.8, 4) is 0 Å². The molecule has 2 heteroatoms. The molecule has 122 valence electrons. The van der Waals surface area contributed by atoms with Gasteiger partial charge >= 0.3 is 0 Å². The number of hydrogen-bond acceptors (Lipinski definition) is 1. The summed E-state index contributed by atoms with van der Waals surface area (Å²) in [6.45, 7) is 16.7. The molecule has 0 bridgehead atoms. The third-order valence-electron chi connectivity index (χ3n) is 6.75. The van der Waals surface area contributed by atoms with Gasteiger partial charge in [-0.25, -0.2) is 0 Å². The fourth-order valence-corrected chi connectivity index (χ4v) is 5.73. The Labute approximate surface area is 133 Å². The van der Waals surface area contributed by atoms with E-state index in [1.54, 1.807) is 5.57 Å². The lowest BCUT2D eigenvalue weighted by molar-refractivity contribution is -0.00888. The van der Waals surface area contributed by atoms with Gasteiger partial charge < -0.3 is 4.43 Å². The Kier molecular flexibility index (Phi) is 4.81. The fourth-order valence-electron chi connectivity index (χ4n) is 4.34. The van der Waals surface area contributed by atoms with Crippen LogP contribution in [0.1, 0.15) is 73.1 Å². The summed E-state index contributed by atoms with van der Waals surface area (Å²) in [4.78, 5) is 0. The Bertz CT molecular complexity index is 404. The van der Waals surface area contributed by atoms with Gasteiger partial charge in [-0.1, -0.05) is 45.8 Å². The van der Waals surface area contributed by atoms with Crippen LogP contribution in [0.3, 0.4) is 0 Å². The minimum atomic E-state index is -1.65. The van der Waals surface area contributed by atoms with Crippen molar-refractivity contribution in [2.75, 3.05) is 0 Å². The Morgan fingerprint density at radius 2 is 1.86 bits per heavy atom. The largest absolute Gasteiger partial charge is 0.414 e. The maximum absolute atomic E-state index is 6.88. The summed E-state index contributed by atoms with van der Waals surface area (Å²) in [5, 5.41) is 0.318. The van der Waals surface area contributed by atoms with Crippen LogP contribution < -0.4 is 0 Å². The van der Waals surface area contributed by atoms with E-state index in [0.717, 1.165) is 5.92 Å². The molecule has 0 aromatic heterocycles. The van der Waals surface area contributed by atoms with Gasteiger partial charge in [0.25, 0.3) is 0 Å². The predicted octanol–water partition coefficient (Wildman–Crippen LogP) is 6.31. The molecule has 3 atom stereocenters. The predicted molar refractivity (Wildman–Crippen MR) is 95.1 cm³/mol. The molecule has 0 saturated heterocycles. The van der Waals surface area contributed by atoms with Crippen molar-refractivity contribution in [2.24, 2.45) is 11.3 Å². The second-order valence-corrected chi connectivity index (χ2v) is 13.8. The first-order valence-corrected chi connectivity index (χ1v) is 11.9. The van der Waals surface area contributed by atoms with Crippen LogP contribution in [0.4, 0.5) is 0 Å². The van der Waals surface area contributed by atoms with Crippen LogP contribution in [-0.4, -0.2) is 14.4 Å². The molecule has 21 heavy (non-hydrogen) atoms. The van der Waals surface area contributed by atoms with Gasteiger partial charge in [-0.3, -0.25) is 0 Å². The highest BCUT2D eigenvalue weighted by Crippen LogP contribution is 2.54. The summed E-state index contributed by atoms with van der Waals surface area (Å²) < 4.78 is 6.88. The summed E-state index contributed by atoms with van der Waals surface area (Å²) in [6, 6.07) is 0. The lowest BCUT2D eigenvalue weighted by atomic mass is 9.57. The number of rotatable bonds is 2. The molecule has 0 aliphatic heterocycles. The molecule has 0 radical (unpaired) electrons. The van der Waals surface area contributed by atoms with E-state index in [-0.39, 0.29) is 0 Å². The molecule has 2 rings (SSSR count). The first-order valence-electron chi connectivity index (χ1n) is 8.95. The maximum Gasteiger partial charge on any atom is 0.192 e. The number of allylic oxidation sites excluding steroid dienone is 2. The van der Waals surface area contributed by atoms with Gasteiger partial charge in [0.15, 0.2) is 8.32 Å². The Morgan fingerprint density at radius 3 is 2.43 bits per heavy atom. The summed E-state index contributed by atoms with van der Waals surface area (Å²) in [5.41, 5.74) is 2.13. The van der Waals surface area contributed by atoms with Crippen LogP contribution in [0, 0.1) is 11.3 Å². The molecule has 3 unspecified atom stereocenters. The zero-order valence-electron chi connectivity index (χ0n) is 15.4. The number of hydrogen-bond donors (Lipinski definition) is 0. The van der Waals surface area contributed by atoms with Crippen molar-refractivity contribution in [1.29, 1.82) is 0 Å². The van der Waals surface area contributed by atoms with Crippen molar-refractivity contribution in [3.63, 3.8) is 0 Å². The summed E-state index contributed by atoms with van der Waals surface area (Å²) >= 11 is 0. The van der Waals surface area contributed by atoms with Crippen LogP contribution in [-0.2, 0) is 4.43 Å². The van der Waals surface area contributed by atoms with Gasteiger partial charge in [-0.15, -0.1) is 0 Å². The van der Waals surface area contributed by atoms with E-state index in [1.807, 2.05) is 0 Å². The van der Waals surface area contributed by atoms with Crippen LogP contribution in [0.2, 0.25) is 18.1 Å². The van der Waals surface area contributed by atoms with Crippen molar-refractivity contribution >= 4 is 8.32 Å². The minimum absolute atomic E-state index is 0.318. The molecular formula is C19H36OSi. The van der Waals surface area contributed by atoms with Crippen molar-refractivity contribution in [3.05, 3.63) is 11.6 Å². The van der Waals surface area contributed by atoms with Gasteiger partial charge in [0.2, 0.25) is 0 Å². The van der Waals surface area contributed by atoms with Gasteiger partial charge in [0.05, 0.1) is 0 Å². The zero-order chi connectivity index (χ0) is 15.9. The Balaban J connectivity index is 2.22. The van der Waals surface area contributed by atoms with E-state index in [4.69, 9.17) is 4.43 Å². The third-order valence-corrected chi connectivity index (χ3v) is 11.3. The second kappa shape index (κ2) is 5.85. The van der Waals surface area contributed by atoms with Gasteiger partial charge in [0, 0.05) is 6.10 Å². The maximum atomic E-state index is 6.88. The molecule has 2 fully saturated rings. The molecule has 1 nitrogen and oxygen atoms in total. The minimum Gasteiger partial charge on any atom is -0.414 e. The molecule has 0 amide bonds. The highest BCUT2D eigenvalue weighted by Gasteiger charge is 2.49. The van der Waals surface area contributed by atoms with Crippen LogP contribution >= 0.6 is 0 Å². The summed E-state index contributed by atoms with van der Waals surface area (Å²) in [5.74, 6) is 0.750. The molecule has 2 aliphatic rings. The lowest BCUT2D eigenvalue weighted by Gasteiger charge is -2.53. The second-order valence-electron chi connectivity index (χ2n) is 9.04. The van der Waals surface area contributed by atoms with Crippen LogP contribution in [0.5, 0.6) is 0 Å². The normalized spacial score (nSPS) is 36.6. The molecule has 0 N–H and O–H groups in total. The SMILES string of the molecule is C/C=C1/CCCC2C(O[Si](C)(C)C(C)(C)C)CCCC12C. The molecule has 0 aromatic rings. The fraction of sp³-hybridized carbons (Fsp3) is 0.895. The zero-order valence-corrected chi connectivity index (χ0v) is 16.4. The van der Waals surface area contributed by atoms with Crippen molar-refractivity contribution in [2.45, 2.75) is 97.4 Å². The van der Waals surface area contributed by atoms with Crippen molar-refractivity contribution < 1.29 is 4.43 Å². The topological polar surface area (TPSA) is 9.23 Å². The van der Waals surface area contributed by atoms with E-state index < -0.39 is 8.32 Å². The molecular weight excluding hydrogens is 272 g/mol. The molecule has 0 aromatic carbocycles. The van der Waals surface area contributed by atoms with Gasteiger partial charge in [-0.2, -0.15) is 0 Å². The standard InChI is InChI=1S/C19H36OSi/c1-8-15-11-9-12-16-17(13-10-14-19(15,16)5)20-21(6,7)18(2,3)4/h8,16-17H,9-14H2,1-7H3/b15-8-. The highest BCUT2D eigenvalue weighted by molar-refractivity contribution is 6.74. The third kappa shape index (κ3) is 3.17. The number of fused-ring (bicyclic) bond motifs is 1. The highest BCUT2D eigenvalue weighted by atomic mass is 28.4. The molecule has 2 aliphatic carbocycles. The van der Waals surface area contributed by atoms with E-state index in [0.29, 0.717) is 16.6 Å². The average molecular weight is 309 g/mol. The summed E-state index contributed by atoms with van der Waals surface area (Å²) in [6.07, 6.45) is 10.9. The van der Waals surface area contributed by atoms with Gasteiger partial charge in [0.1, 0.15) is 0 Å². The van der Waals surface area contributed by atoms with Crippen molar-refractivity contribution in [1.82, 2.24) is 0 Å². The Hall–Kier alpha value is -0.0831. The van der Waals surface area contributed by atoms with E-state index >= 15 is 0 Å². The molecule has 0 spiro atoms. The van der Waals surface area contributed by atoms with Crippen LogP contribution in [0.25, 0.3) is 0 Å². The lowest BCUT2D eigenvalue weighted by Crippen LogP contribution is -2.51. The quantitative estimate of drug-likeness (QED) is 0.429. The molecule has 2 saturated carbocycles. The van der Waals surface area contributed by atoms with E-state index in [9.17, 15) is 0 Å². The first kappa shape index (κ1) is 17.3. The molecule has 0 heterocycles. The first-order chi connectivity index (χ1) is 9.62. The smallest absolute Gasteiger partial charge is 0.192 e. The monoisotopic (exact) mass is 308 g/mol.